The summed E-state index contributed by atoms with van der Waals surface area (Å²) in [6.45, 7) is 0. The quantitative estimate of drug-likeness (QED) is 0.727. The number of aromatic nitrogens is 2. The summed E-state index contributed by atoms with van der Waals surface area (Å²) >= 11 is 13.3. The predicted octanol–water partition coefficient (Wildman–Crippen LogP) is 4.26. The van der Waals surface area contributed by atoms with Gasteiger partial charge in [-0.2, -0.15) is 5.10 Å². The number of sulfonamides is 1. The largest absolute Gasteiger partial charge is 0.278 e. The summed E-state index contributed by atoms with van der Waals surface area (Å²) in [6.07, 6.45) is 1.45. The van der Waals surface area contributed by atoms with Gasteiger partial charge >= 0.3 is 0 Å². The summed E-state index contributed by atoms with van der Waals surface area (Å²) in [5.74, 6) is 0. The van der Waals surface area contributed by atoms with Crippen LogP contribution in [-0.4, -0.2) is 18.2 Å². The molecule has 0 atom stereocenters. The molecule has 9 heteroatoms. The second-order valence-corrected chi connectivity index (χ2v) is 8.16. The van der Waals surface area contributed by atoms with Crippen molar-refractivity contribution < 1.29 is 8.42 Å². The Bertz CT molecular complexity index is 951. The third-order valence-corrected chi connectivity index (χ3v) is 5.82. The van der Waals surface area contributed by atoms with Crippen molar-refractivity contribution in [3.8, 4) is 10.6 Å². The van der Waals surface area contributed by atoms with Gasteiger partial charge in [-0.15, -0.1) is 11.3 Å². The zero-order valence-corrected chi connectivity index (χ0v) is 15.0. The molecule has 0 aliphatic heterocycles. The molecule has 0 saturated carbocycles. The Hall–Kier alpha value is -1.54. The number of aryl methyl sites for hydroxylation is 1. The number of nitrogens with zero attached hydrogens (tertiary/aromatic N) is 2. The van der Waals surface area contributed by atoms with E-state index < -0.39 is 10.0 Å². The van der Waals surface area contributed by atoms with Gasteiger partial charge in [0.25, 0.3) is 10.0 Å². The molecule has 120 valence electrons. The van der Waals surface area contributed by atoms with Crippen LogP contribution in [0.15, 0.2) is 46.8 Å². The van der Waals surface area contributed by atoms with E-state index in [1.165, 1.54) is 34.3 Å². The van der Waals surface area contributed by atoms with Gasteiger partial charge < -0.3 is 0 Å². The van der Waals surface area contributed by atoms with Crippen LogP contribution in [0, 0.1) is 0 Å². The van der Waals surface area contributed by atoms with Crippen LogP contribution in [0.2, 0.25) is 10.0 Å². The molecule has 0 radical (unpaired) electrons. The maximum absolute atomic E-state index is 12.7. The van der Waals surface area contributed by atoms with Crippen molar-refractivity contribution in [1.29, 1.82) is 0 Å². The lowest BCUT2D eigenvalue weighted by Gasteiger charge is -2.09. The van der Waals surface area contributed by atoms with Gasteiger partial charge in [-0.05, 0) is 29.6 Å². The number of halogens is 2. The first kappa shape index (κ1) is 16.3. The fraction of sp³-hybridized carbons (Fsp3) is 0.0714. The molecule has 3 aromatic rings. The Morgan fingerprint density at radius 1 is 1.26 bits per heavy atom. The average molecular weight is 388 g/mol. The van der Waals surface area contributed by atoms with Crippen molar-refractivity contribution in [2.45, 2.75) is 4.90 Å². The summed E-state index contributed by atoms with van der Waals surface area (Å²) in [5.41, 5.74) is 0.619. The van der Waals surface area contributed by atoms with Crippen LogP contribution in [0.3, 0.4) is 0 Å². The summed E-state index contributed by atoms with van der Waals surface area (Å²) in [5, 5.41) is 6.76. The number of nitrogens with one attached hydrogen (secondary N) is 1. The van der Waals surface area contributed by atoms with Gasteiger partial charge in [0.1, 0.15) is 10.6 Å². The molecule has 1 N–H and O–H groups in total. The number of thiophene rings is 1. The number of rotatable bonds is 4. The van der Waals surface area contributed by atoms with Crippen molar-refractivity contribution in [3.63, 3.8) is 0 Å². The highest BCUT2D eigenvalue weighted by molar-refractivity contribution is 7.92. The summed E-state index contributed by atoms with van der Waals surface area (Å²) < 4.78 is 29.4. The second-order valence-electron chi connectivity index (χ2n) is 4.72. The van der Waals surface area contributed by atoms with Gasteiger partial charge in [0.15, 0.2) is 0 Å². The maximum atomic E-state index is 12.7. The van der Waals surface area contributed by atoms with Crippen LogP contribution in [0.25, 0.3) is 10.6 Å². The van der Waals surface area contributed by atoms with Gasteiger partial charge in [0.05, 0.1) is 15.6 Å². The van der Waals surface area contributed by atoms with E-state index >= 15 is 0 Å². The van der Waals surface area contributed by atoms with Crippen LogP contribution in [-0.2, 0) is 17.1 Å². The molecule has 0 aliphatic carbocycles. The Morgan fingerprint density at radius 3 is 2.74 bits per heavy atom. The SMILES string of the molecule is Cn1cc(S(=O)(=O)Nc2cc(Cl)ccc2Cl)c(-c2cccs2)n1. The van der Waals surface area contributed by atoms with E-state index in [1.54, 1.807) is 13.1 Å². The van der Waals surface area contributed by atoms with Crippen LogP contribution < -0.4 is 4.72 Å². The highest BCUT2D eigenvalue weighted by Gasteiger charge is 2.24. The number of hydrogen-bond acceptors (Lipinski definition) is 4. The molecule has 3 rings (SSSR count). The molecule has 23 heavy (non-hydrogen) atoms. The smallest absolute Gasteiger partial charge is 0.265 e. The topological polar surface area (TPSA) is 64.0 Å². The fourth-order valence-electron chi connectivity index (χ4n) is 2.02. The molecular weight excluding hydrogens is 377 g/mol. The maximum Gasteiger partial charge on any atom is 0.265 e. The van der Waals surface area contributed by atoms with E-state index in [9.17, 15) is 8.42 Å². The predicted molar refractivity (Wildman–Crippen MR) is 93.8 cm³/mol. The Kier molecular flexibility index (Phi) is 4.37. The minimum Gasteiger partial charge on any atom is -0.278 e. The first-order valence-corrected chi connectivity index (χ1v) is 9.54. The van der Waals surface area contributed by atoms with Crippen LogP contribution in [0.4, 0.5) is 5.69 Å². The highest BCUT2D eigenvalue weighted by atomic mass is 35.5. The van der Waals surface area contributed by atoms with Gasteiger partial charge in [-0.1, -0.05) is 29.3 Å². The number of hydrogen-bond donors (Lipinski definition) is 1. The van der Waals surface area contributed by atoms with Crippen molar-refractivity contribution in [3.05, 3.63) is 52.0 Å². The first-order chi connectivity index (χ1) is 10.9. The van der Waals surface area contributed by atoms with Crippen molar-refractivity contribution >= 4 is 50.2 Å². The molecule has 0 bridgehead atoms. The van der Waals surface area contributed by atoms with E-state index in [0.29, 0.717) is 10.7 Å². The summed E-state index contributed by atoms with van der Waals surface area (Å²) in [4.78, 5) is 0.849. The Morgan fingerprint density at radius 2 is 2.04 bits per heavy atom. The molecule has 0 aliphatic rings. The third kappa shape index (κ3) is 3.37. The standard InChI is InChI=1S/C14H11Cl2N3O2S2/c1-19-8-13(14(17-19)12-3-2-6-22-12)23(20,21)18-11-7-9(15)4-5-10(11)16/h2-8,18H,1H3. The minimum atomic E-state index is -3.86. The van der Waals surface area contributed by atoms with E-state index in [-0.39, 0.29) is 15.6 Å². The Labute approximate surface area is 147 Å². The zero-order valence-electron chi connectivity index (χ0n) is 11.8. The molecule has 0 fully saturated rings. The van der Waals surface area contributed by atoms with Gasteiger partial charge in [0.2, 0.25) is 0 Å². The van der Waals surface area contributed by atoms with E-state index in [1.807, 2.05) is 17.5 Å². The lowest BCUT2D eigenvalue weighted by Crippen LogP contribution is -2.13. The lowest BCUT2D eigenvalue weighted by molar-refractivity contribution is 0.601. The highest BCUT2D eigenvalue weighted by Crippen LogP contribution is 2.32. The fourth-order valence-corrected chi connectivity index (χ4v) is 4.47. The average Bonchev–Trinajstić information content (AvgIpc) is 3.11. The Balaban J connectivity index is 2.06. The minimum absolute atomic E-state index is 0.0819. The van der Waals surface area contributed by atoms with Crippen molar-refractivity contribution in [2.24, 2.45) is 7.05 Å². The van der Waals surface area contributed by atoms with E-state index in [4.69, 9.17) is 23.2 Å². The van der Waals surface area contributed by atoms with Gasteiger partial charge in [-0.3, -0.25) is 9.40 Å². The van der Waals surface area contributed by atoms with E-state index in [0.717, 1.165) is 4.88 Å². The summed E-state index contributed by atoms with van der Waals surface area (Å²) in [7, 11) is -2.19. The normalized spacial score (nSPS) is 11.6. The monoisotopic (exact) mass is 387 g/mol. The van der Waals surface area contributed by atoms with Gasteiger partial charge in [0, 0.05) is 18.3 Å². The third-order valence-electron chi connectivity index (χ3n) is 3.01. The van der Waals surface area contributed by atoms with Crippen LogP contribution in [0.5, 0.6) is 0 Å². The number of anilines is 1. The molecule has 2 heterocycles. The van der Waals surface area contributed by atoms with Crippen molar-refractivity contribution in [1.82, 2.24) is 9.78 Å². The lowest BCUT2D eigenvalue weighted by atomic mass is 10.3. The zero-order chi connectivity index (χ0) is 16.6. The molecule has 0 spiro atoms. The summed E-state index contributed by atoms with van der Waals surface area (Å²) in [6, 6.07) is 8.24. The first-order valence-electron chi connectivity index (χ1n) is 6.42. The van der Waals surface area contributed by atoms with Crippen LogP contribution >= 0.6 is 34.5 Å². The number of benzene rings is 1. The molecule has 0 unspecified atom stereocenters. The molecular formula is C14H11Cl2N3O2S2. The second kappa shape index (κ2) is 6.16. The van der Waals surface area contributed by atoms with Crippen molar-refractivity contribution in [2.75, 3.05) is 4.72 Å². The molecule has 2 aromatic heterocycles. The van der Waals surface area contributed by atoms with Crippen LogP contribution in [0.1, 0.15) is 0 Å². The van der Waals surface area contributed by atoms with Gasteiger partial charge in [-0.25, -0.2) is 8.42 Å². The molecule has 0 amide bonds. The van der Waals surface area contributed by atoms with E-state index in [2.05, 4.69) is 9.82 Å². The molecule has 0 saturated heterocycles. The molecule has 1 aromatic carbocycles. The molecule has 5 nitrogen and oxygen atoms in total.